The Morgan fingerprint density at radius 3 is 2.79 bits per heavy atom. The van der Waals surface area contributed by atoms with E-state index in [2.05, 4.69) is 25.2 Å². The fraction of sp³-hybridized carbons (Fsp3) is 0.400. The number of hydrogen-bond donors (Lipinski definition) is 2. The van der Waals surface area contributed by atoms with Crippen molar-refractivity contribution in [2.45, 2.75) is 18.7 Å². The van der Waals surface area contributed by atoms with Gasteiger partial charge in [0.1, 0.15) is 11.6 Å². The largest absolute Gasteiger partial charge is 0.368 e. The number of nitrogen functional groups attached to an aromatic ring is 1. The quantitative estimate of drug-likeness (QED) is 0.857. The minimum Gasteiger partial charge on any atom is -0.368 e. The molecule has 3 rings (SSSR count). The van der Waals surface area contributed by atoms with E-state index in [1.165, 1.54) is 12.1 Å². The molecule has 1 aliphatic heterocycles. The molecular weight excluding hydrogens is 331 g/mol. The number of nitrogens with two attached hydrogens (primary N) is 1. The van der Waals surface area contributed by atoms with Gasteiger partial charge < -0.3 is 11.1 Å². The summed E-state index contributed by atoms with van der Waals surface area (Å²) in [6.07, 6.45) is 0. The Bertz CT molecular complexity index is 741. The first kappa shape index (κ1) is 16.7. The second-order valence-electron chi connectivity index (χ2n) is 5.70. The average molecular weight is 350 g/mol. The van der Waals surface area contributed by atoms with Crippen LogP contribution in [0.1, 0.15) is 12.7 Å². The number of benzene rings is 1. The van der Waals surface area contributed by atoms with Crippen LogP contribution in [0.15, 0.2) is 24.3 Å². The zero-order valence-corrected chi connectivity index (χ0v) is 14.1. The highest BCUT2D eigenvalue weighted by Crippen LogP contribution is 2.16. The molecule has 2 aromatic rings. The maximum absolute atomic E-state index is 13.0. The van der Waals surface area contributed by atoms with E-state index in [0.717, 1.165) is 13.1 Å². The van der Waals surface area contributed by atoms with Crippen LogP contribution >= 0.6 is 0 Å². The molecule has 0 amide bonds. The Balaban J connectivity index is 1.71. The molecular formula is C15H19FN6OS. The number of aromatic nitrogens is 3. The van der Waals surface area contributed by atoms with Crippen molar-refractivity contribution < 1.29 is 8.60 Å². The molecule has 0 radical (unpaired) electrons. The Morgan fingerprint density at radius 2 is 2.08 bits per heavy atom. The molecule has 1 fully saturated rings. The van der Waals surface area contributed by atoms with Gasteiger partial charge in [0.05, 0.1) is 6.54 Å². The van der Waals surface area contributed by atoms with Crippen LogP contribution in [0.5, 0.6) is 0 Å². The smallest absolute Gasteiger partial charge is 0.232 e. The maximum atomic E-state index is 13.0. The molecule has 1 aromatic heterocycles. The summed E-state index contributed by atoms with van der Waals surface area (Å²) in [5, 5.41) is 3.12. The third-order valence-electron chi connectivity index (χ3n) is 3.74. The topological polar surface area (TPSA) is 97.0 Å². The van der Waals surface area contributed by atoms with Crippen LogP contribution in [-0.2, 0) is 17.3 Å². The molecule has 2 heterocycles. The van der Waals surface area contributed by atoms with Gasteiger partial charge in [0, 0.05) is 40.6 Å². The molecule has 128 valence electrons. The van der Waals surface area contributed by atoms with Crippen molar-refractivity contribution in [3.63, 3.8) is 0 Å². The second kappa shape index (κ2) is 7.18. The second-order valence-corrected chi connectivity index (χ2v) is 7.67. The van der Waals surface area contributed by atoms with Crippen molar-refractivity contribution >= 4 is 28.4 Å². The van der Waals surface area contributed by atoms with Gasteiger partial charge in [-0.2, -0.15) is 15.0 Å². The van der Waals surface area contributed by atoms with Gasteiger partial charge in [0.15, 0.2) is 0 Å². The lowest BCUT2D eigenvalue weighted by Gasteiger charge is -2.29. The Kier molecular flexibility index (Phi) is 5.00. The maximum Gasteiger partial charge on any atom is 0.232 e. The number of rotatable bonds is 4. The molecule has 3 N–H and O–H groups in total. The highest BCUT2D eigenvalue weighted by atomic mass is 32.2. The first-order valence-corrected chi connectivity index (χ1v) is 9.00. The van der Waals surface area contributed by atoms with E-state index in [4.69, 9.17) is 5.73 Å². The van der Waals surface area contributed by atoms with E-state index in [0.29, 0.717) is 29.8 Å². The molecule has 7 nitrogen and oxygen atoms in total. The van der Waals surface area contributed by atoms with E-state index in [1.807, 2.05) is 6.92 Å². The molecule has 1 aromatic carbocycles. The van der Waals surface area contributed by atoms with E-state index in [-0.39, 0.29) is 17.0 Å². The van der Waals surface area contributed by atoms with Crippen LogP contribution in [0.3, 0.4) is 0 Å². The molecule has 0 spiro atoms. The Labute approximate surface area is 142 Å². The summed E-state index contributed by atoms with van der Waals surface area (Å²) in [6.45, 7) is 3.97. The SMILES string of the molecule is CC1CN(Cc2nc(N)nc(Nc3ccc(F)cc3)n2)CCS1=O. The van der Waals surface area contributed by atoms with Crippen LogP contribution in [0.25, 0.3) is 0 Å². The van der Waals surface area contributed by atoms with Crippen molar-refractivity contribution in [1.29, 1.82) is 0 Å². The van der Waals surface area contributed by atoms with Gasteiger partial charge in [-0.25, -0.2) is 4.39 Å². The normalized spacial score (nSPS) is 21.6. The van der Waals surface area contributed by atoms with Gasteiger partial charge in [-0.3, -0.25) is 9.11 Å². The zero-order chi connectivity index (χ0) is 17.1. The first-order chi connectivity index (χ1) is 11.5. The lowest BCUT2D eigenvalue weighted by atomic mass is 10.3. The van der Waals surface area contributed by atoms with Crippen LogP contribution < -0.4 is 11.1 Å². The van der Waals surface area contributed by atoms with E-state index in [9.17, 15) is 8.60 Å². The van der Waals surface area contributed by atoms with Crippen molar-refractivity contribution in [3.8, 4) is 0 Å². The zero-order valence-electron chi connectivity index (χ0n) is 13.3. The third-order valence-corrected chi connectivity index (χ3v) is 5.37. The van der Waals surface area contributed by atoms with Crippen LogP contribution in [0.2, 0.25) is 0 Å². The number of nitrogens with one attached hydrogen (secondary N) is 1. The predicted octanol–water partition coefficient (Wildman–Crippen LogP) is 1.29. The van der Waals surface area contributed by atoms with Crippen LogP contribution in [0, 0.1) is 5.82 Å². The van der Waals surface area contributed by atoms with Crippen molar-refractivity contribution in [3.05, 3.63) is 35.9 Å². The molecule has 0 aliphatic carbocycles. The van der Waals surface area contributed by atoms with E-state index >= 15 is 0 Å². The molecule has 1 aliphatic rings. The van der Waals surface area contributed by atoms with Gasteiger partial charge in [-0.1, -0.05) is 0 Å². The summed E-state index contributed by atoms with van der Waals surface area (Å²) in [7, 11) is -0.763. The van der Waals surface area contributed by atoms with Crippen LogP contribution in [0.4, 0.5) is 22.0 Å². The summed E-state index contributed by atoms with van der Waals surface area (Å²) in [5.74, 6) is 1.33. The number of nitrogens with zero attached hydrogens (tertiary/aromatic N) is 4. The summed E-state index contributed by atoms with van der Waals surface area (Å²) >= 11 is 0. The molecule has 1 saturated heterocycles. The van der Waals surface area contributed by atoms with Gasteiger partial charge >= 0.3 is 0 Å². The Morgan fingerprint density at radius 1 is 1.33 bits per heavy atom. The van der Waals surface area contributed by atoms with Gasteiger partial charge in [-0.15, -0.1) is 0 Å². The van der Waals surface area contributed by atoms with Gasteiger partial charge in [0.25, 0.3) is 0 Å². The monoisotopic (exact) mass is 350 g/mol. The molecule has 2 unspecified atom stereocenters. The summed E-state index contributed by atoms with van der Waals surface area (Å²) in [6, 6.07) is 5.89. The van der Waals surface area contributed by atoms with Crippen molar-refractivity contribution in [2.75, 3.05) is 29.9 Å². The predicted molar refractivity (Wildman–Crippen MR) is 91.7 cm³/mol. The van der Waals surface area contributed by atoms with Crippen LogP contribution in [-0.4, -0.2) is 48.2 Å². The third kappa shape index (κ3) is 4.24. The first-order valence-electron chi connectivity index (χ1n) is 7.62. The minimum absolute atomic E-state index is 0.123. The van der Waals surface area contributed by atoms with Gasteiger partial charge in [0.2, 0.25) is 11.9 Å². The summed E-state index contributed by atoms with van der Waals surface area (Å²) in [4.78, 5) is 14.7. The van der Waals surface area contributed by atoms with Gasteiger partial charge in [-0.05, 0) is 31.2 Å². The summed E-state index contributed by atoms with van der Waals surface area (Å²) in [5.41, 5.74) is 6.42. The lowest BCUT2D eigenvalue weighted by molar-refractivity contribution is 0.268. The highest BCUT2D eigenvalue weighted by molar-refractivity contribution is 7.85. The molecule has 24 heavy (non-hydrogen) atoms. The van der Waals surface area contributed by atoms with Crippen molar-refractivity contribution in [2.24, 2.45) is 0 Å². The Hall–Kier alpha value is -2.13. The molecule has 9 heteroatoms. The average Bonchev–Trinajstić information content (AvgIpc) is 2.53. The van der Waals surface area contributed by atoms with E-state index in [1.54, 1.807) is 12.1 Å². The standard InChI is InChI=1S/C15H19FN6OS/c1-10-8-22(6-7-24(10)23)9-13-19-14(17)21-15(20-13)18-12-4-2-11(16)3-5-12/h2-5,10H,6-9H2,1H3,(H3,17,18,19,20,21). The van der Waals surface area contributed by atoms with E-state index < -0.39 is 10.8 Å². The summed E-state index contributed by atoms with van der Waals surface area (Å²) < 4.78 is 24.7. The number of anilines is 3. The molecule has 0 bridgehead atoms. The number of hydrogen-bond acceptors (Lipinski definition) is 7. The fourth-order valence-corrected chi connectivity index (χ4v) is 3.75. The lowest BCUT2D eigenvalue weighted by Crippen LogP contribution is -2.42. The fourth-order valence-electron chi connectivity index (χ4n) is 2.53. The van der Waals surface area contributed by atoms with Crippen molar-refractivity contribution in [1.82, 2.24) is 19.9 Å². The number of halogens is 1. The highest BCUT2D eigenvalue weighted by Gasteiger charge is 2.23. The molecule has 0 saturated carbocycles. The minimum atomic E-state index is -0.763. The molecule has 2 atom stereocenters.